The quantitative estimate of drug-likeness (QED) is 0.278. The molecule has 0 atom stereocenters. The Morgan fingerprint density at radius 1 is 1.50 bits per heavy atom. The molecule has 0 aromatic heterocycles. The van der Waals surface area contributed by atoms with Crippen LogP contribution >= 0.6 is 24.0 Å². The summed E-state index contributed by atoms with van der Waals surface area (Å²) in [5.41, 5.74) is 1.90. The summed E-state index contributed by atoms with van der Waals surface area (Å²) >= 11 is 6.17. The minimum Gasteiger partial charge on any atom is -0.625 e. The molecule has 1 aromatic rings. The van der Waals surface area contributed by atoms with Gasteiger partial charge in [0.1, 0.15) is 10.1 Å². The second-order valence-electron chi connectivity index (χ2n) is 4.57. The molecule has 1 aromatic carbocycles. The van der Waals surface area contributed by atoms with Crippen LogP contribution in [-0.4, -0.2) is 22.5 Å². The molecule has 7 heteroatoms. The Morgan fingerprint density at radius 3 is 2.68 bits per heavy atom. The van der Waals surface area contributed by atoms with E-state index in [-0.39, 0.29) is 12.5 Å². The topological polar surface area (TPSA) is 75.4 Å². The Balaban J connectivity index is 2.02. The molecule has 0 radical (unpaired) electrons. The van der Waals surface area contributed by atoms with E-state index in [1.54, 1.807) is 25.1 Å². The smallest absolute Gasteiger partial charge is 0.263 e. The fraction of sp³-hybridized carbons (Fsp3) is 0.133. The van der Waals surface area contributed by atoms with Crippen molar-refractivity contribution in [3.05, 3.63) is 52.1 Å². The van der Waals surface area contributed by atoms with Crippen LogP contribution in [0.25, 0.3) is 6.08 Å². The minimum atomic E-state index is -0.183. The van der Waals surface area contributed by atoms with E-state index in [9.17, 15) is 10.0 Å². The van der Waals surface area contributed by atoms with Gasteiger partial charge in [-0.1, -0.05) is 42.7 Å². The first-order valence-electron chi connectivity index (χ1n) is 6.37. The number of amides is 1. The van der Waals surface area contributed by atoms with Crippen molar-refractivity contribution in [2.24, 2.45) is 0 Å². The van der Waals surface area contributed by atoms with Gasteiger partial charge >= 0.3 is 0 Å². The lowest BCUT2D eigenvalue weighted by atomic mass is 10.2. The molecule has 0 unspecified atom stereocenters. The first-order chi connectivity index (χ1) is 10.5. The summed E-state index contributed by atoms with van der Waals surface area (Å²) in [6.07, 6.45) is 1.76. The number of thioether (sulfide) groups is 1. The molecule has 0 saturated carbocycles. The first kappa shape index (κ1) is 16.3. The van der Waals surface area contributed by atoms with E-state index < -0.39 is 0 Å². The highest BCUT2D eigenvalue weighted by Crippen LogP contribution is 2.26. The standard InChI is InChI=1S/C15H14N2O3S2/c1-9(2)12(17-19)8-20-11-5-3-10(4-6-11)7-13-14(18)16-15(21)22-13/h3-7,17H,1,8H2,2H3,(H-,16,18,19,21)/b13-7-,17-12+. The maximum Gasteiger partial charge on any atom is 0.263 e. The molecule has 0 aliphatic carbocycles. The highest BCUT2D eigenvalue weighted by Gasteiger charge is 2.21. The van der Waals surface area contributed by atoms with Gasteiger partial charge in [0, 0.05) is 5.57 Å². The molecule has 2 rings (SSSR count). The van der Waals surface area contributed by atoms with Gasteiger partial charge in [-0.15, -0.1) is 0 Å². The van der Waals surface area contributed by atoms with Crippen molar-refractivity contribution in [2.45, 2.75) is 6.92 Å². The molecule has 5 nitrogen and oxygen atoms in total. The molecule has 22 heavy (non-hydrogen) atoms. The van der Waals surface area contributed by atoms with Crippen molar-refractivity contribution < 1.29 is 14.7 Å². The molecule has 1 heterocycles. The Morgan fingerprint density at radius 2 is 2.18 bits per heavy atom. The molecule has 1 aliphatic heterocycles. The van der Waals surface area contributed by atoms with Crippen molar-refractivity contribution in [1.29, 1.82) is 0 Å². The van der Waals surface area contributed by atoms with Gasteiger partial charge in [-0.3, -0.25) is 4.79 Å². The van der Waals surface area contributed by atoms with E-state index in [1.807, 2.05) is 17.3 Å². The minimum absolute atomic E-state index is 0.131. The van der Waals surface area contributed by atoms with Crippen molar-refractivity contribution in [2.75, 3.05) is 6.61 Å². The zero-order chi connectivity index (χ0) is 16.1. The molecule has 0 spiro atoms. The van der Waals surface area contributed by atoms with Crippen molar-refractivity contribution >= 4 is 46.0 Å². The highest BCUT2D eigenvalue weighted by molar-refractivity contribution is 8.26. The zero-order valence-corrected chi connectivity index (χ0v) is 13.5. The van der Waals surface area contributed by atoms with Crippen LogP contribution < -0.4 is 15.2 Å². The van der Waals surface area contributed by atoms with Crippen LogP contribution in [0.3, 0.4) is 0 Å². The van der Waals surface area contributed by atoms with Crippen LogP contribution in [0.4, 0.5) is 0 Å². The largest absolute Gasteiger partial charge is 0.625 e. The van der Waals surface area contributed by atoms with Gasteiger partial charge in [0.15, 0.2) is 6.61 Å². The van der Waals surface area contributed by atoms with Crippen LogP contribution in [0.2, 0.25) is 0 Å². The third-order valence-corrected chi connectivity index (χ3v) is 4.00. The Hall–Kier alpha value is -2.12. The molecule has 1 fully saturated rings. The van der Waals surface area contributed by atoms with Crippen LogP contribution in [0.15, 0.2) is 41.3 Å². The predicted molar refractivity (Wildman–Crippen MR) is 92.4 cm³/mol. The summed E-state index contributed by atoms with van der Waals surface area (Å²) in [5.74, 6) is 0.438. The summed E-state index contributed by atoms with van der Waals surface area (Å²) in [7, 11) is 0. The number of carbonyl (C=O) groups is 1. The average Bonchev–Trinajstić information content (AvgIpc) is 2.79. The van der Waals surface area contributed by atoms with Gasteiger partial charge in [-0.25, -0.2) is 5.16 Å². The fourth-order valence-corrected chi connectivity index (χ4v) is 2.67. The number of thiocarbonyl (C=S) groups is 1. The van der Waals surface area contributed by atoms with E-state index in [0.717, 1.165) is 5.56 Å². The normalized spacial score (nSPS) is 16.8. The lowest BCUT2D eigenvalue weighted by molar-refractivity contribution is -0.374. The van der Waals surface area contributed by atoms with E-state index in [2.05, 4.69) is 11.9 Å². The molecular weight excluding hydrogens is 320 g/mol. The van der Waals surface area contributed by atoms with Gasteiger partial charge in [0.25, 0.3) is 5.91 Å². The van der Waals surface area contributed by atoms with Crippen molar-refractivity contribution in [3.8, 4) is 5.75 Å². The van der Waals surface area contributed by atoms with Gasteiger partial charge in [0.2, 0.25) is 5.71 Å². The Bertz CT molecular complexity index is 679. The third-order valence-electron chi connectivity index (χ3n) is 2.84. The number of nitrogens with one attached hydrogen (secondary N) is 2. The van der Waals surface area contributed by atoms with Crippen molar-refractivity contribution in [1.82, 2.24) is 5.32 Å². The van der Waals surface area contributed by atoms with Gasteiger partial charge in [-0.2, -0.15) is 0 Å². The maximum absolute atomic E-state index is 11.6. The number of hydrogen-bond acceptors (Lipinski definition) is 5. The molecule has 0 bridgehead atoms. The zero-order valence-electron chi connectivity index (χ0n) is 11.8. The highest BCUT2D eigenvalue weighted by atomic mass is 32.2. The second-order valence-corrected chi connectivity index (χ2v) is 6.29. The summed E-state index contributed by atoms with van der Waals surface area (Å²) < 4.78 is 5.96. The van der Waals surface area contributed by atoms with Crippen LogP contribution in [0, 0.1) is 5.21 Å². The third kappa shape index (κ3) is 4.19. The van der Waals surface area contributed by atoms with Crippen LogP contribution in [-0.2, 0) is 4.79 Å². The summed E-state index contributed by atoms with van der Waals surface area (Å²) in [6, 6.07) is 7.18. The molecule has 1 amide bonds. The lowest BCUT2D eigenvalue weighted by Crippen LogP contribution is -2.67. The van der Waals surface area contributed by atoms with Gasteiger partial charge in [-0.05, 0) is 30.7 Å². The Kier molecular flexibility index (Phi) is 5.35. The van der Waals surface area contributed by atoms with E-state index in [1.165, 1.54) is 11.8 Å². The molecule has 2 N–H and O–H groups in total. The fourth-order valence-electron chi connectivity index (χ4n) is 1.63. The Labute approximate surface area is 137 Å². The molecule has 114 valence electrons. The molecule has 1 saturated heterocycles. The average molecular weight is 334 g/mol. The number of ether oxygens (including phenoxy) is 1. The van der Waals surface area contributed by atoms with E-state index in [0.29, 0.717) is 26.3 Å². The summed E-state index contributed by atoms with van der Waals surface area (Å²) in [5, 5.41) is 15.1. The van der Waals surface area contributed by atoms with Crippen LogP contribution in [0.5, 0.6) is 5.75 Å². The van der Waals surface area contributed by atoms with E-state index in [4.69, 9.17) is 17.0 Å². The summed E-state index contributed by atoms with van der Waals surface area (Å²) in [6.45, 7) is 5.55. The second kappa shape index (κ2) is 7.24. The monoisotopic (exact) mass is 334 g/mol. The molecular formula is C15H14N2O3S2. The summed E-state index contributed by atoms with van der Waals surface area (Å²) in [4.78, 5) is 12.1. The van der Waals surface area contributed by atoms with Gasteiger partial charge < -0.3 is 15.3 Å². The predicted octanol–water partition coefficient (Wildman–Crippen LogP) is 1.15. The van der Waals surface area contributed by atoms with Gasteiger partial charge in [0.05, 0.1) is 4.91 Å². The lowest BCUT2D eigenvalue weighted by Gasteiger charge is -2.06. The molecule has 1 aliphatic rings. The van der Waals surface area contributed by atoms with E-state index >= 15 is 0 Å². The van der Waals surface area contributed by atoms with Crippen molar-refractivity contribution in [3.63, 3.8) is 0 Å². The number of benzene rings is 1. The first-order valence-corrected chi connectivity index (χ1v) is 7.59. The number of rotatable bonds is 5. The number of carbonyl (C=O) groups excluding carboxylic acids is 1. The number of hydrogen-bond donors (Lipinski definition) is 2. The maximum atomic E-state index is 11.6. The SMILES string of the molecule is C=C(C)/C(COc1ccc(/C=C2\SC(=S)NC2=O)cc1)=[NH+]/[O-]. The van der Waals surface area contributed by atoms with Crippen LogP contribution in [0.1, 0.15) is 12.5 Å².